The fourth-order valence-corrected chi connectivity index (χ4v) is 3.97. The van der Waals surface area contributed by atoms with Crippen LogP contribution in [0, 0.1) is 10.1 Å². The Morgan fingerprint density at radius 1 is 1.36 bits per heavy atom. The zero-order chi connectivity index (χ0) is 18.0. The minimum atomic E-state index is -0.419. The predicted molar refractivity (Wildman–Crippen MR) is 97.5 cm³/mol. The third-order valence-electron chi connectivity index (χ3n) is 5.09. The van der Waals surface area contributed by atoms with E-state index in [1.807, 2.05) is 24.0 Å². The molecule has 2 heterocycles. The van der Waals surface area contributed by atoms with Gasteiger partial charge in [0.05, 0.1) is 4.92 Å². The zero-order valence-corrected chi connectivity index (χ0v) is 15.0. The van der Waals surface area contributed by atoms with Crippen LogP contribution in [0.4, 0.5) is 5.69 Å². The van der Waals surface area contributed by atoms with Crippen LogP contribution in [0.5, 0.6) is 0 Å². The number of hydrogen-bond acceptors (Lipinski definition) is 4. The van der Waals surface area contributed by atoms with Crippen LogP contribution < -0.4 is 0 Å². The summed E-state index contributed by atoms with van der Waals surface area (Å²) in [5.74, 6) is 0.232. The van der Waals surface area contributed by atoms with Gasteiger partial charge in [0.2, 0.25) is 5.91 Å². The standard InChI is InChI=1S/C18H22ClN3O3/c1-2-18(23)20-11-15-5-6-16(12-20)21(15)9-3-4-13-10-14(22(24)25)7-8-17(13)19/h3-4,7-8,10,15-16H,2,5-6,9,11-12H2,1H3/b4-3+/t15-,16+. The fraction of sp³-hybridized carbons (Fsp3) is 0.500. The molecule has 0 radical (unpaired) electrons. The van der Waals surface area contributed by atoms with E-state index in [0.29, 0.717) is 29.1 Å². The maximum Gasteiger partial charge on any atom is 0.270 e. The summed E-state index contributed by atoms with van der Waals surface area (Å²) in [6, 6.07) is 5.26. The maximum atomic E-state index is 11.9. The van der Waals surface area contributed by atoms with Gasteiger partial charge in [-0.25, -0.2) is 0 Å². The first-order valence-electron chi connectivity index (χ1n) is 8.63. The van der Waals surface area contributed by atoms with Crippen molar-refractivity contribution in [1.82, 2.24) is 9.80 Å². The molecule has 1 amide bonds. The average molecular weight is 364 g/mol. The Bertz CT molecular complexity index is 693. The first-order valence-corrected chi connectivity index (χ1v) is 9.01. The summed E-state index contributed by atoms with van der Waals surface area (Å²) in [5.41, 5.74) is 0.693. The predicted octanol–water partition coefficient (Wildman–Crippen LogP) is 3.35. The Labute approximate surface area is 152 Å². The number of carbonyl (C=O) groups excluding carboxylic acids is 1. The van der Waals surface area contributed by atoms with Gasteiger partial charge >= 0.3 is 0 Å². The maximum absolute atomic E-state index is 11.9. The van der Waals surface area contributed by atoms with Crippen LogP contribution in [0.2, 0.25) is 5.02 Å². The molecule has 25 heavy (non-hydrogen) atoms. The highest BCUT2D eigenvalue weighted by Crippen LogP contribution is 2.30. The molecule has 2 saturated heterocycles. The van der Waals surface area contributed by atoms with Crippen molar-refractivity contribution in [3.63, 3.8) is 0 Å². The van der Waals surface area contributed by atoms with Gasteiger partial charge < -0.3 is 4.90 Å². The van der Waals surface area contributed by atoms with E-state index >= 15 is 0 Å². The molecule has 0 saturated carbocycles. The number of rotatable bonds is 5. The van der Waals surface area contributed by atoms with E-state index in [1.54, 1.807) is 6.07 Å². The van der Waals surface area contributed by atoms with Gasteiger partial charge in [0.15, 0.2) is 0 Å². The molecule has 0 aromatic heterocycles. The summed E-state index contributed by atoms with van der Waals surface area (Å²) in [4.78, 5) is 26.8. The molecule has 2 aliphatic heterocycles. The van der Waals surface area contributed by atoms with Crippen LogP contribution in [-0.4, -0.2) is 52.3 Å². The molecular weight excluding hydrogens is 342 g/mol. The number of nitro benzene ring substituents is 1. The van der Waals surface area contributed by atoms with Gasteiger partial charge in [0, 0.05) is 55.3 Å². The second-order valence-electron chi connectivity index (χ2n) is 6.60. The summed E-state index contributed by atoms with van der Waals surface area (Å²) in [6.45, 7) is 4.27. The van der Waals surface area contributed by atoms with Crippen molar-refractivity contribution in [1.29, 1.82) is 0 Å². The third kappa shape index (κ3) is 3.85. The lowest BCUT2D eigenvalue weighted by atomic mass is 10.1. The molecule has 0 N–H and O–H groups in total. The molecule has 0 spiro atoms. The Morgan fingerprint density at radius 3 is 2.64 bits per heavy atom. The smallest absolute Gasteiger partial charge is 0.270 e. The van der Waals surface area contributed by atoms with Crippen LogP contribution in [0.3, 0.4) is 0 Å². The Balaban J connectivity index is 1.65. The van der Waals surface area contributed by atoms with E-state index in [-0.39, 0.29) is 11.6 Å². The van der Waals surface area contributed by atoms with Crippen molar-refractivity contribution in [2.24, 2.45) is 0 Å². The largest absolute Gasteiger partial charge is 0.340 e. The van der Waals surface area contributed by atoms with Crippen molar-refractivity contribution in [3.05, 3.63) is 45.0 Å². The van der Waals surface area contributed by atoms with Gasteiger partial charge in [0.1, 0.15) is 0 Å². The molecule has 1 aromatic carbocycles. The molecule has 0 unspecified atom stereocenters. The van der Waals surface area contributed by atoms with Gasteiger partial charge in [-0.05, 0) is 24.5 Å². The van der Waals surface area contributed by atoms with E-state index in [9.17, 15) is 14.9 Å². The molecule has 2 aliphatic rings. The number of fused-ring (bicyclic) bond motifs is 2. The monoisotopic (exact) mass is 363 g/mol. The van der Waals surface area contributed by atoms with Crippen molar-refractivity contribution in [3.8, 4) is 0 Å². The molecule has 0 aliphatic carbocycles. The Kier molecular flexibility index (Phi) is 5.39. The lowest BCUT2D eigenvalue weighted by Gasteiger charge is -2.40. The second kappa shape index (κ2) is 7.54. The summed E-state index contributed by atoms with van der Waals surface area (Å²) < 4.78 is 0. The van der Waals surface area contributed by atoms with Crippen molar-refractivity contribution < 1.29 is 9.72 Å². The topological polar surface area (TPSA) is 66.7 Å². The van der Waals surface area contributed by atoms with Crippen molar-refractivity contribution in [2.75, 3.05) is 19.6 Å². The Hall–Kier alpha value is -1.92. The number of nitrogens with zero attached hydrogens (tertiary/aromatic N) is 3. The number of benzene rings is 1. The Morgan fingerprint density at radius 2 is 2.04 bits per heavy atom. The number of halogens is 1. The van der Waals surface area contributed by atoms with E-state index in [1.165, 1.54) is 12.1 Å². The number of carbonyl (C=O) groups is 1. The molecule has 2 atom stereocenters. The first-order chi connectivity index (χ1) is 12.0. The zero-order valence-electron chi connectivity index (χ0n) is 14.2. The van der Waals surface area contributed by atoms with Crippen LogP contribution >= 0.6 is 11.6 Å². The molecule has 7 heteroatoms. The molecule has 2 fully saturated rings. The summed E-state index contributed by atoms with van der Waals surface area (Å²) in [5, 5.41) is 11.4. The van der Waals surface area contributed by atoms with E-state index < -0.39 is 4.92 Å². The fourth-order valence-electron chi connectivity index (χ4n) is 3.79. The van der Waals surface area contributed by atoms with Gasteiger partial charge in [-0.15, -0.1) is 0 Å². The third-order valence-corrected chi connectivity index (χ3v) is 5.44. The highest BCUT2D eigenvalue weighted by atomic mass is 35.5. The number of piperazine rings is 1. The average Bonchev–Trinajstić information content (AvgIpc) is 2.83. The van der Waals surface area contributed by atoms with Crippen LogP contribution in [0.1, 0.15) is 31.7 Å². The van der Waals surface area contributed by atoms with Crippen molar-refractivity contribution in [2.45, 2.75) is 38.3 Å². The molecule has 3 rings (SSSR count). The lowest BCUT2D eigenvalue weighted by molar-refractivity contribution is -0.384. The second-order valence-corrected chi connectivity index (χ2v) is 7.01. The van der Waals surface area contributed by atoms with E-state index in [2.05, 4.69) is 4.90 Å². The number of nitro groups is 1. The quantitative estimate of drug-likeness (QED) is 0.594. The highest BCUT2D eigenvalue weighted by Gasteiger charge is 2.40. The number of hydrogen-bond donors (Lipinski definition) is 0. The van der Waals surface area contributed by atoms with Crippen LogP contribution in [-0.2, 0) is 4.79 Å². The summed E-state index contributed by atoms with van der Waals surface area (Å²) in [7, 11) is 0. The van der Waals surface area contributed by atoms with E-state index in [0.717, 1.165) is 32.5 Å². The SMILES string of the molecule is CCC(=O)N1C[C@H]2CC[C@@H](C1)N2C/C=C/c1cc([N+](=O)[O-])ccc1Cl. The van der Waals surface area contributed by atoms with Gasteiger partial charge in [0.25, 0.3) is 5.69 Å². The first kappa shape index (κ1) is 17.9. The normalized spacial score (nSPS) is 23.4. The minimum Gasteiger partial charge on any atom is -0.340 e. The van der Waals surface area contributed by atoms with Gasteiger partial charge in [-0.2, -0.15) is 0 Å². The molecule has 1 aromatic rings. The summed E-state index contributed by atoms with van der Waals surface area (Å²) >= 11 is 6.13. The van der Waals surface area contributed by atoms with Crippen LogP contribution in [0.15, 0.2) is 24.3 Å². The number of amides is 1. The molecular formula is C18H22ClN3O3. The van der Waals surface area contributed by atoms with Gasteiger partial charge in [-0.3, -0.25) is 19.8 Å². The lowest BCUT2D eigenvalue weighted by Crippen LogP contribution is -2.55. The van der Waals surface area contributed by atoms with E-state index in [4.69, 9.17) is 11.6 Å². The molecule has 6 nitrogen and oxygen atoms in total. The van der Waals surface area contributed by atoms with Crippen LogP contribution in [0.25, 0.3) is 6.08 Å². The molecule has 134 valence electrons. The van der Waals surface area contributed by atoms with Gasteiger partial charge in [-0.1, -0.05) is 30.7 Å². The summed E-state index contributed by atoms with van der Waals surface area (Å²) in [6.07, 6.45) is 6.64. The minimum absolute atomic E-state index is 0.0378. The number of non-ortho nitro benzene ring substituents is 1. The molecule has 2 bridgehead atoms. The number of likely N-dealkylation sites (tertiary alicyclic amines) is 1. The highest BCUT2D eigenvalue weighted by molar-refractivity contribution is 6.32. The van der Waals surface area contributed by atoms with Crippen molar-refractivity contribution >= 4 is 29.3 Å².